The molecule has 2 N–H and O–H groups in total. The second-order valence-electron chi connectivity index (χ2n) is 4.82. The summed E-state index contributed by atoms with van der Waals surface area (Å²) in [7, 11) is 0. The van der Waals surface area contributed by atoms with E-state index in [1.54, 1.807) is 6.07 Å². The van der Waals surface area contributed by atoms with Crippen molar-refractivity contribution >= 4 is 0 Å². The molecule has 0 radical (unpaired) electrons. The molecule has 0 aliphatic rings. The maximum Gasteiger partial charge on any atom is 0.141 e. The Morgan fingerprint density at radius 3 is 2.55 bits per heavy atom. The summed E-state index contributed by atoms with van der Waals surface area (Å²) in [5.74, 6) is -0.311. The molecule has 20 heavy (non-hydrogen) atoms. The Bertz CT molecular complexity index is 513. The van der Waals surface area contributed by atoms with Gasteiger partial charge in [0.15, 0.2) is 0 Å². The maximum atomic E-state index is 12.9. The molecule has 0 amide bonds. The van der Waals surface area contributed by atoms with Crippen molar-refractivity contribution in [1.82, 2.24) is 9.88 Å². The van der Waals surface area contributed by atoms with Gasteiger partial charge < -0.3 is 5.73 Å². The number of hydrogen-bond donors (Lipinski definition) is 1. The number of benzene rings is 1. The fourth-order valence-corrected chi connectivity index (χ4v) is 2.21. The van der Waals surface area contributed by atoms with Crippen LogP contribution in [0.4, 0.5) is 4.39 Å². The number of halogens is 1. The van der Waals surface area contributed by atoms with E-state index >= 15 is 0 Å². The van der Waals surface area contributed by atoms with Gasteiger partial charge in [0.2, 0.25) is 0 Å². The van der Waals surface area contributed by atoms with Gasteiger partial charge in [-0.05, 0) is 24.6 Å². The molecule has 2 rings (SSSR count). The van der Waals surface area contributed by atoms with E-state index in [1.165, 1.54) is 17.8 Å². The van der Waals surface area contributed by atoms with Crippen molar-refractivity contribution in [1.29, 1.82) is 0 Å². The molecule has 0 spiro atoms. The quantitative estimate of drug-likeness (QED) is 0.880. The second-order valence-corrected chi connectivity index (χ2v) is 4.82. The predicted molar refractivity (Wildman–Crippen MR) is 78.5 cm³/mol. The van der Waals surface area contributed by atoms with E-state index in [0.29, 0.717) is 6.54 Å². The molecule has 0 saturated heterocycles. The number of hydrogen-bond acceptors (Lipinski definition) is 3. The minimum Gasteiger partial charge on any atom is -0.329 e. The van der Waals surface area contributed by atoms with Crippen LogP contribution in [0.2, 0.25) is 0 Å². The molecule has 0 aliphatic heterocycles. The SMILES string of the molecule is CC(c1ccc(F)cn1)N(CCN)Cc1ccccc1. The van der Waals surface area contributed by atoms with Crippen LogP contribution < -0.4 is 5.73 Å². The van der Waals surface area contributed by atoms with Crippen LogP contribution in [0.25, 0.3) is 0 Å². The van der Waals surface area contributed by atoms with Crippen molar-refractivity contribution in [2.75, 3.05) is 13.1 Å². The number of pyridine rings is 1. The Morgan fingerprint density at radius 2 is 1.95 bits per heavy atom. The summed E-state index contributed by atoms with van der Waals surface area (Å²) in [5.41, 5.74) is 7.79. The summed E-state index contributed by atoms with van der Waals surface area (Å²) >= 11 is 0. The van der Waals surface area contributed by atoms with Crippen molar-refractivity contribution in [2.45, 2.75) is 19.5 Å². The first-order valence-electron chi connectivity index (χ1n) is 6.80. The van der Waals surface area contributed by atoms with Crippen molar-refractivity contribution in [3.05, 3.63) is 65.7 Å². The zero-order valence-corrected chi connectivity index (χ0v) is 11.7. The van der Waals surface area contributed by atoms with Crippen molar-refractivity contribution in [3.63, 3.8) is 0 Å². The van der Waals surface area contributed by atoms with Crippen LogP contribution in [-0.4, -0.2) is 23.0 Å². The van der Waals surface area contributed by atoms with Crippen LogP contribution in [0.5, 0.6) is 0 Å². The number of nitrogens with zero attached hydrogens (tertiary/aromatic N) is 2. The van der Waals surface area contributed by atoms with Gasteiger partial charge in [-0.3, -0.25) is 9.88 Å². The molecular weight excluding hydrogens is 253 g/mol. The number of aromatic nitrogens is 1. The van der Waals surface area contributed by atoms with Gasteiger partial charge in [-0.1, -0.05) is 30.3 Å². The second kappa shape index (κ2) is 7.12. The summed E-state index contributed by atoms with van der Waals surface area (Å²) < 4.78 is 12.9. The summed E-state index contributed by atoms with van der Waals surface area (Å²) in [5, 5.41) is 0. The minimum atomic E-state index is -0.311. The van der Waals surface area contributed by atoms with Crippen LogP contribution in [0, 0.1) is 5.82 Å². The van der Waals surface area contributed by atoms with Crippen LogP contribution in [0.3, 0.4) is 0 Å². The van der Waals surface area contributed by atoms with Crippen molar-refractivity contribution in [2.24, 2.45) is 5.73 Å². The lowest BCUT2D eigenvalue weighted by Gasteiger charge is -2.28. The molecule has 0 bridgehead atoms. The van der Waals surface area contributed by atoms with Gasteiger partial charge in [0.1, 0.15) is 5.82 Å². The van der Waals surface area contributed by atoms with Crippen LogP contribution in [0.1, 0.15) is 24.2 Å². The smallest absolute Gasteiger partial charge is 0.141 e. The average Bonchev–Trinajstić information content (AvgIpc) is 2.48. The Kier molecular flexibility index (Phi) is 5.21. The van der Waals surface area contributed by atoms with Crippen LogP contribution >= 0.6 is 0 Å². The molecule has 106 valence electrons. The van der Waals surface area contributed by atoms with Gasteiger partial charge in [-0.2, -0.15) is 0 Å². The predicted octanol–water partition coefficient (Wildman–Crippen LogP) is 2.74. The topological polar surface area (TPSA) is 42.2 Å². The third-order valence-electron chi connectivity index (χ3n) is 3.37. The monoisotopic (exact) mass is 273 g/mol. The third kappa shape index (κ3) is 3.85. The Balaban J connectivity index is 2.13. The van der Waals surface area contributed by atoms with E-state index in [4.69, 9.17) is 5.73 Å². The molecule has 1 aromatic heterocycles. The highest BCUT2D eigenvalue weighted by Gasteiger charge is 2.16. The average molecular weight is 273 g/mol. The zero-order valence-electron chi connectivity index (χ0n) is 11.7. The molecule has 0 fully saturated rings. The van der Waals surface area contributed by atoms with Crippen molar-refractivity contribution < 1.29 is 4.39 Å². The molecule has 4 heteroatoms. The highest BCUT2D eigenvalue weighted by atomic mass is 19.1. The summed E-state index contributed by atoms with van der Waals surface area (Å²) in [4.78, 5) is 6.41. The van der Waals surface area contributed by atoms with Crippen LogP contribution in [-0.2, 0) is 6.54 Å². The molecule has 1 unspecified atom stereocenters. The van der Waals surface area contributed by atoms with E-state index in [2.05, 4.69) is 28.9 Å². The first kappa shape index (κ1) is 14.6. The molecule has 3 nitrogen and oxygen atoms in total. The Morgan fingerprint density at radius 1 is 1.20 bits per heavy atom. The van der Waals surface area contributed by atoms with E-state index in [-0.39, 0.29) is 11.9 Å². The van der Waals surface area contributed by atoms with Gasteiger partial charge in [-0.15, -0.1) is 0 Å². The molecule has 0 aliphatic carbocycles. The summed E-state index contributed by atoms with van der Waals surface area (Å²) in [6.07, 6.45) is 1.26. The fraction of sp³-hybridized carbons (Fsp3) is 0.312. The molecular formula is C16H20FN3. The Labute approximate surface area is 119 Å². The van der Waals surface area contributed by atoms with E-state index in [9.17, 15) is 4.39 Å². The van der Waals surface area contributed by atoms with Gasteiger partial charge >= 0.3 is 0 Å². The van der Waals surface area contributed by atoms with E-state index in [0.717, 1.165) is 18.8 Å². The first-order chi connectivity index (χ1) is 9.70. The fourth-order valence-electron chi connectivity index (χ4n) is 2.21. The lowest BCUT2D eigenvalue weighted by atomic mass is 10.1. The molecule has 1 atom stereocenters. The number of nitrogens with two attached hydrogens (primary N) is 1. The largest absolute Gasteiger partial charge is 0.329 e. The van der Waals surface area contributed by atoms with Gasteiger partial charge in [0, 0.05) is 25.7 Å². The highest BCUT2D eigenvalue weighted by Crippen LogP contribution is 2.20. The minimum absolute atomic E-state index is 0.0966. The maximum absolute atomic E-state index is 12.9. The van der Waals surface area contributed by atoms with Gasteiger partial charge in [0.25, 0.3) is 0 Å². The molecule has 1 heterocycles. The lowest BCUT2D eigenvalue weighted by molar-refractivity contribution is 0.204. The third-order valence-corrected chi connectivity index (χ3v) is 3.37. The Hall–Kier alpha value is -1.78. The molecule has 1 aromatic carbocycles. The standard InChI is InChI=1S/C16H20FN3/c1-13(16-8-7-15(17)11-19-16)20(10-9-18)12-14-5-3-2-4-6-14/h2-8,11,13H,9-10,12,18H2,1H3. The van der Waals surface area contributed by atoms with E-state index < -0.39 is 0 Å². The molecule has 2 aromatic rings. The lowest BCUT2D eigenvalue weighted by Crippen LogP contribution is -2.32. The van der Waals surface area contributed by atoms with Crippen LogP contribution in [0.15, 0.2) is 48.7 Å². The molecule has 0 saturated carbocycles. The highest BCUT2D eigenvalue weighted by molar-refractivity contribution is 5.16. The zero-order chi connectivity index (χ0) is 14.4. The van der Waals surface area contributed by atoms with Crippen molar-refractivity contribution in [3.8, 4) is 0 Å². The van der Waals surface area contributed by atoms with E-state index in [1.807, 2.05) is 18.2 Å². The summed E-state index contributed by atoms with van der Waals surface area (Å²) in [6, 6.07) is 13.5. The van der Waals surface area contributed by atoms with Gasteiger partial charge in [0.05, 0.1) is 11.9 Å². The number of rotatable bonds is 6. The summed E-state index contributed by atoms with van der Waals surface area (Å²) in [6.45, 7) is 4.23. The first-order valence-corrected chi connectivity index (χ1v) is 6.80. The normalized spacial score (nSPS) is 12.6. The van der Waals surface area contributed by atoms with Gasteiger partial charge in [-0.25, -0.2) is 4.39 Å².